The van der Waals surface area contributed by atoms with Gasteiger partial charge < -0.3 is 0 Å². The van der Waals surface area contributed by atoms with Crippen LogP contribution >= 0.6 is 36.2 Å². The number of carbonyl (C=O) groups excluding carboxylic acids is 2. The monoisotopic (exact) mass is 318 g/mol. The first kappa shape index (κ1) is 18.9. The van der Waals surface area contributed by atoms with Crippen molar-refractivity contribution in [3.05, 3.63) is 24.3 Å². The van der Waals surface area contributed by atoms with Crippen LogP contribution in [0.3, 0.4) is 0 Å². The summed E-state index contributed by atoms with van der Waals surface area (Å²) in [7, 11) is 0. The molecule has 0 aliphatic carbocycles. The van der Waals surface area contributed by atoms with Crippen LogP contribution < -0.4 is 0 Å². The number of hydrogen-bond donors (Lipinski definition) is 1. The minimum atomic E-state index is 0.0585. The van der Waals surface area contributed by atoms with Gasteiger partial charge in [-0.05, 0) is 44.3 Å². The van der Waals surface area contributed by atoms with Crippen LogP contribution in [0.2, 0.25) is 0 Å². The van der Waals surface area contributed by atoms with Gasteiger partial charge in [-0.3, -0.25) is 9.59 Å². The first-order chi connectivity index (χ1) is 8.84. The lowest BCUT2D eigenvalue weighted by Gasteiger charge is -2.09. The van der Waals surface area contributed by atoms with Crippen LogP contribution in [-0.4, -0.2) is 27.0 Å². The van der Waals surface area contributed by atoms with Crippen LogP contribution in [0.25, 0.3) is 0 Å². The van der Waals surface area contributed by atoms with Crippen molar-refractivity contribution in [2.45, 2.75) is 38.4 Å². The van der Waals surface area contributed by atoms with E-state index in [2.05, 4.69) is 25.8 Å². The van der Waals surface area contributed by atoms with Crippen molar-refractivity contribution < 1.29 is 9.59 Å². The Morgan fingerprint density at radius 1 is 1.00 bits per heavy atom. The fraction of sp³-hybridized carbons (Fsp3) is 0.571. The van der Waals surface area contributed by atoms with E-state index in [4.69, 9.17) is 0 Å². The molecule has 0 N–H and O–H groups in total. The number of thiol groups is 1. The summed E-state index contributed by atoms with van der Waals surface area (Å²) >= 11 is 7.11. The van der Waals surface area contributed by atoms with Crippen molar-refractivity contribution in [3.8, 4) is 0 Å². The Morgan fingerprint density at radius 2 is 1.47 bits per heavy atom. The first-order valence-electron chi connectivity index (χ1n) is 6.18. The maximum atomic E-state index is 11.3. The Balaban J connectivity index is 3.57. The van der Waals surface area contributed by atoms with Gasteiger partial charge in [-0.1, -0.05) is 36.7 Å². The Labute approximate surface area is 130 Å². The number of rotatable bonds is 9. The van der Waals surface area contributed by atoms with Gasteiger partial charge in [0.2, 0.25) is 10.2 Å². The van der Waals surface area contributed by atoms with Crippen molar-refractivity contribution in [3.63, 3.8) is 0 Å². The van der Waals surface area contributed by atoms with Crippen LogP contribution in [0.5, 0.6) is 0 Å². The maximum absolute atomic E-state index is 11.3. The minimum Gasteiger partial charge on any atom is -0.282 e. The summed E-state index contributed by atoms with van der Waals surface area (Å²) in [6, 6.07) is 0. The molecule has 0 saturated carbocycles. The maximum Gasteiger partial charge on any atom is 0.214 e. The molecule has 5 heteroatoms. The van der Waals surface area contributed by atoms with Gasteiger partial charge in [0, 0.05) is 16.8 Å². The molecule has 108 valence electrons. The summed E-state index contributed by atoms with van der Waals surface area (Å²) in [5.41, 5.74) is 1.19. The number of hydrogen-bond acceptors (Lipinski definition) is 5. The van der Waals surface area contributed by atoms with Crippen molar-refractivity contribution in [2.24, 2.45) is 0 Å². The highest BCUT2D eigenvalue weighted by atomic mass is 32.2. The summed E-state index contributed by atoms with van der Waals surface area (Å²) < 4.78 is 0. The molecule has 0 aromatic carbocycles. The molecule has 0 aromatic rings. The first-order valence-corrected chi connectivity index (χ1v) is 8.66. The van der Waals surface area contributed by atoms with E-state index < -0.39 is 0 Å². The summed E-state index contributed by atoms with van der Waals surface area (Å²) in [6.45, 7) is 10.7. The molecule has 0 aliphatic rings. The summed E-state index contributed by atoms with van der Waals surface area (Å²) in [4.78, 5) is 22.6. The average molecular weight is 319 g/mol. The molecule has 1 atom stereocenters. The van der Waals surface area contributed by atoms with Crippen molar-refractivity contribution >= 4 is 46.4 Å². The van der Waals surface area contributed by atoms with Gasteiger partial charge >= 0.3 is 0 Å². The van der Waals surface area contributed by atoms with E-state index >= 15 is 0 Å². The van der Waals surface area contributed by atoms with E-state index in [9.17, 15) is 9.59 Å². The van der Waals surface area contributed by atoms with Crippen LogP contribution in [0, 0.1) is 0 Å². The van der Waals surface area contributed by atoms with E-state index in [1.807, 2.05) is 0 Å². The number of carbonyl (C=O) groups is 2. The lowest BCUT2D eigenvalue weighted by Crippen LogP contribution is -2.04. The number of thioether (sulfide) groups is 2. The third-order valence-corrected chi connectivity index (χ3v) is 4.97. The Hall–Kier alpha value is -0.130. The highest BCUT2D eigenvalue weighted by Crippen LogP contribution is 2.18. The van der Waals surface area contributed by atoms with Gasteiger partial charge in [0.05, 0.1) is 0 Å². The lowest BCUT2D eigenvalue weighted by molar-refractivity contribution is -0.108. The van der Waals surface area contributed by atoms with Gasteiger partial charge in [-0.2, -0.15) is 12.6 Å². The molecule has 0 heterocycles. The standard InChI is InChI=1S/C14H22O2S3/c1-10(2)13(15)18-8-5-6-12(17)7-9-19-14(16)11(3)4/h12,17H,1,3,5-9H2,2,4H3. The van der Waals surface area contributed by atoms with Gasteiger partial charge in [-0.15, -0.1) is 0 Å². The molecule has 0 fully saturated rings. The predicted molar refractivity (Wildman–Crippen MR) is 91.2 cm³/mol. The van der Waals surface area contributed by atoms with Gasteiger partial charge in [-0.25, -0.2) is 0 Å². The zero-order valence-corrected chi connectivity index (χ0v) is 14.1. The summed E-state index contributed by atoms with van der Waals surface area (Å²) in [5.74, 6) is 1.58. The second-order valence-corrected chi connectivity index (χ2v) is 7.28. The van der Waals surface area contributed by atoms with E-state index in [-0.39, 0.29) is 15.5 Å². The Morgan fingerprint density at radius 3 is 1.95 bits per heavy atom. The molecule has 1 unspecified atom stereocenters. The smallest absolute Gasteiger partial charge is 0.214 e. The molecule has 0 spiro atoms. The van der Waals surface area contributed by atoms with Crippen molar-refractivity contribution in [1.82, 2.24) is 0 Å². The molecule has 0 amide bonds. The van der Waals surface area contributed by atoms with Gasteiger partial charge in [0.1, 0.15) is 0 Å². The Bertz CT molecular complexity index is 351. The van der Waals surface area contributed by atoms with Crippen molar-refractivity contribution in [2.75, 3.05) is 11.5 Å². The second-order valence-electron chi connectivity index (χ2n) is 4.42. The van der Waals surface area contributed by atoms with Crippen LogP contribution in [0.1, 0.15) is 33.1 Å². The SMILES string of the molecule is C=C(C)C(=O)SCCCC(S)CCSC(=O)C(=C)C. The normalized spacial score (nSPS) is 11.9. The van der Waals surface area contributed by atoms with E-state index in [0.29, 0.717) is 11.1 Å². The lowest BCUT2D eigenvalue weighted by atomic mass is 10.2. The third kappa shape index (κ3) is 10.3. The molecule has 0 aromatic heterocycles. The second kappa shape index (κ2) is 10.6. The molecule has 2 nitrogen and oxygen atoms in total. The molecule has 0 saturated heterocycles. The largest absolute Gasteiger partial charge is 0.282 e. The molecular weight excluding hydrogens is 296 g/mol. The fourth-order valence-corrected chi connectivity index (χ4v) is 3.23. The topological polar surface area (TPSA) is 34.1 Å². The zero-order chi connectivity index (χ0) is 14.8. The Kier molecular flexibility index (Phi) is 10.6. The van der Waals surface area contributed by atoms with Crippen LogP contribution in [0.15, 0.2) is 24.3 Å². The minimum absolute atomic E-state index is 0.0585. The summed E-state index contributed by atoms with van der Waals surface area (Å²) in [5, 5.41) is 0.410. The molecular formula is C14H22O2S3. The third-order valence-electron chi connectivity index (χ3n) is 2.30. The highest BCUT2D eigenvalue weighted by molar-refractivity contribution is 8.14. The van der Waals surface area contributed by atoms with Crippen LogP contribution in [0.4, 0.5) is 0 Å². The summed E-state index contributed by atoms with van der Waals surface area (Å²) in [6.07, 6.45) is 2.81. The molecule has 0 bridgehead atoms. The van der Waals surface area contributed by atoms with Gasteiger partial charge in [0.25, 0.3) is 0 Å². The highest BCUT2D eigenvalue weighted by Gasteiger charge is 2.08. The molecule has 0 rings (SSSR count). The fourth-order valence-electron chi connectivity index (χ4n) is 1.16. The van der Waals surface area contributed by atoms with E-state index in [1.165, 1.54) is 23.5 Å². The molecule has 0 aliphatic heterocycles. The van der Waals surface area contributed by atoms with Crippen molar-refractivity contribution in [1.29, 1.82) is 0 Å². The quantitative estimate of drug-likeness (QED) is 0.394. The predicted octanol–water partition coefficient (Wildman–Crippen LogP) is 4.13. The van der Waals surface area contributed by atoms with Crippen LogP contribution in [-0.2, 0) is 9.59 Å². The zero-order valence-electron chi connectivity index (χ0n) is 11.6. The van der Waals surface area contributed by atoms with E-state index in [0.717, 1.165) is 30.8 Å². The van der Waals surface area contributed by atoms with E-state index in [1.54, 1.807) is 13.8 Å². The molecule has 0 radical (unpaired) electrons. The average Bonchev–Trinajstić information content (AvgIpc) is 2.33. The van der Waals surface area contributed by atoms with Gasteiger partial charge in [0.15, 0.2) is 0 Å². The molecule has 19 heavy (non-hydrogen) atoms.